The normalized spacial score (nSPS) is 10.4. The second kappa shape index (κ2) is 6.25. The van der Waals surface area contributed by atoms with E-state index < -0.39 is 0 Å². The summed E-state index contributed by atoms with van der Waals surface area (Å²) in [5.74, 6) is 1.15. The highest BCUT2D eigenvalue weighted by Crippen LogP contribution is 2.22. The van der Waals surface area contributed by atoms with Crippen molar-refractivity contribution < 1.29 is 9.84 Å². The number of nitrogens with two attached hydrogens (primary N) is 1. The number of aromatic hydroxyl groups is 1. The summed E-state index contributed by atoms with van der Waals surface area (Å²) in [6, 6.07) is 13.2. The summed E-state index contributed by atoms with van der Waals surface area (Å²) in [7, 11) is 0. The van der Waals surface area contributed by atoms with Gasteiger partial charge in [-0.05, 0) is 49.2 Å². The zero-order valence-electron chi connectivity index (χ0n) is 11.1. The van der Waals surface area contributed by atoms with Crippen molar-refractivity contribution >= 4 is 0 Å². The fourth-order valence-corrected chi connectivity index (χ4v) is 1.95. The van der Waals surface area contributed by atoms with Crippen molar-refractivity contribution in [2.24, 2.45) is 5.73 Å². The van der Waals surface area contributed by atoms with Crippen LogP contribution in [-0.2, 0) is 13.0 Å². The Morgan fingerprint density at radius 2 is 1.84 bits per heavy atom. The summed E-state index contributed by atoms with van der Waals surface area (Å²) in [5, 5.41) is 9.23. The molecule has 0 atom stereocenters. The van der Waals surface area contributed by atoms with Crippen LogP contribution in [-0.4, -0.2) is 11.7 Å². The maximum absolute atomic E-state index is 9.23. The third-order valence-corrected chi connectivity index (χ3v) is 2.96. The minimum Gasteiger partial charge on any atom is -0.508 e. The summed E-state index contributed by atoms with van der Waals surface area (Å²) < 4.78 is 5.83. The minimum absolute atomic E-state index is 0.267. The van der Waals surface area contributed by atoms with Crippen molar-refractivity contribution in [3.8, 4) is 11.5 Å². The summed E-state index contributed by atoms with van der Waals surface area (Å²) in [5.41, 5.74) is 8.99. The first-order chi connectivity index (χ1) is 9.19. The van der Waals surface area contributed by atoms with Gasteiger partial charge >= 0.3 is 0 Å². The van der Waals surface area contributed by atoms with Crippen LogP contribution in [0.5, 0.6) is 11.5 Å². The van der Waals surface area contributed by atoms with E-state index in [0.29, 0.717) is 13.2 Å². The SMILES string of the molecule is Cc1ccc(OCc2ccc(O)cc2)c(CCN)c1. The van der Waals surface area contributed by atoms with Gasteiger partial charge in [0.1, 0.15) is 18.1 Å². The van der Waals surface area contributed by atoms with Gasteiger partial charge in [-0.1, -0.05) is 29.8 Å². The molecule has 0 amide bonds. The molecule has 0 aliphatic heterocycles. The molecule has 0 fully saturated rings. The van der Waals surface area contributed by atoms with E-state index in [-0.39, 0.29) is 5.75 Å². The zero-order chi connectivity index (χ0) is 13.7. The average Bonchev–Trinajstić information content (AvgIpc) is 2.40. The third-order valence-electron chi connectivity index (χ3n) is 2.96. The predicted octanol–water partition coefficient (Wildman–Crippen LogP) is 2.78. The van der Waals surface area contributed by atoms with E-state index in [1.807, 2.05) is 24.3 Å². The molecule has 0 heterocycles. The molecule has 100 valence electrons. The van der Waals surface area contributed by atoms with Gasteiger partial charge < -0.3 is 15.6 Å². The van der Waals surface area contributed by atoms with Crippen LogP contribution >= 0.6 is 0 Å². The molecule has 0 bridgehead atoms. The summed E-state index contributed by atoms with van der Waals surface area (Å²) in [6.45, 7) is 3.16. The highest BCUT2D eigenvalue weighted by molar-refractivity contribution is 5.37. The molecule has 0 aliphatic carbocycles. The molecule has 3 N–H and O–H groups in total. The van der Waals surface area contributed by atoms with Gasteiger partial charge in [0.05, 0.1) is 0 Å². The molecule has 0 aromatic heterocycles. The molecule has 3 heteroatoms. The lowest BCUT2D eigenvalue weighted by Crippen LogP contribution is -2.05. The second-order valence-corrected chi connectivity index (χ2v) is 4.60. The summed E-state index contributed by atoms with van der Waals surface area (Å²) in [4.78, 5) is 0. The first-order valence-electron chi connectivity index (χ1n) is 6.39. The van der Waals surface area contributed by atoms with Gasteiger partial charge in [-0.15, -0.1) is 0 Å². The first kappa shape index (κ1) is 13.4. The third kappa shape index (κ3) is 3.73. The molecule has 3 nitrogen and oxygen atoms in total. The van der Waals surface area contributed by atoms with Crippen molar-refractivity contribution in [1.82, 2.24) is 0 Å². The molecule has 2 rings (SSSR count). The van der Waals surface area contributed by atoms with Crippen molar-refractivity contribution in [2.45, 2.75) is 20.0 Å². The molecule has 0 spiro atoms. The Hall–Kier alpha value is -2.00. The minimum atomic E-state index is 0.267. The van der Waals surface area contributed by atoms with Crippen LogP contribution in [0.3, 0.4) is 0 Å². The van der Waals surface area contributed by atoms with Gasteiger partial charge in [-0.25, -0.2) is 0 Å². The molecule has 2 aromatic rings. The number of phenols is 1. The maximum atomic E-state index is 9.23. The molecule has 0 aliphatic rings. The van der Waals surface area contributed by atoms with Crippen molar-refractivity contribution in [2.75, 3.05) is 6.54 Å². The Bertz CT molecular complexity index is 535. The predicted molar refractivity (Wildman–Crippen MR) is 76.4 cm³/mol. The largest absolute Gasteiger partial charge is 0.508 e. The Morgan fingerprint density at radius 3 is 2.53 bits per heavy atom. The highest BCUT2D eigenvalue weighted by atomic mass is 16.5. The molecule has 0 saturated carbocycles. The molecule has 19 heavy (non-hydrogen) atoms. The number of rotatable bonds is 5. The van der Waals surface area contributed by atoms with E-state index in [4.69, 9.17) is 10.5 Å². The Kier molecular flexibility index (Phi) is 4.42. The Morgan fingerprint density at radius 1 is 1.11 bits per heavy atom. The van der Waals surface area contributed by atoms with Crippen LogP contribution in [0.25, 0.3) is 0 Å². The number of aryl methyl sites for hydroxylation is 1. The molecule has 0 saturated heterocycles. The van der Waals surface area contributed by atoms with Crippen LogP contribution < -0.4 is 10.5 Å². The van der Waals surface area contributed by atoms with Gasteiger partial charge in [-0.3, -0.25) is 0 Å². The van der Waals surface area contributed by atoms with E-state index in [1.54, 1.807) is 12.1 Å². The lowest BCUT2D eigenvalue weighted by Gasteiger charge is -2.12. The maximum Gasteiger partial charge on any atom is 0.123 e. The van der Waals surface area contributed by atoms with Gasteiger partial charge in [-0.2, -0.15) is 0 Å². The fraction of sp³-hybridized carbons (Fsp3) is 0.250. The smallest absolute Gasteiger partial charge is 0.123 e. The highest BCUT2D eigenvalue weighted by Gasteiger charge is 2.04. The number of benzene rings is 2. The van der Waals surface area contributed by atoms with Crippen LogP contribution in [0, 0.1) is 6.92 Å². The van der Waals surface area contributed by atoms with E-state index in [0.717, 1.165) is 23.3 Å². The van der Waals surface area contributed by atoms with E-state index in [2.05, 4.69) is 13.0 Å². The molecule has 0 radical (unpaired) electrons. The van der Waals surface area contributed by atoms with E-state index >= 15 is 0 Å². The van der Waals surface area contributed by atoms with Crippen molar-refractivity contribution in [3.05, 3.63) is 59.2 Å². The number of ether oxygens (including phenoxy) is 1. The van der Waals surface area contributed by atoms with Gasteiger partial charge in [0.15, 0.2) is 0 Å². The van der Waals surface area contributed by atoms with Crippen LogP contribution in [0.2, 0.25) is 0 Å². The first-order valence-corrected chi connectivity index (χ1v) is 6.39. The zero-order valence-corrected chi connectivity index (χ0v) is 11.1. The van der Waals surface area contributed by atoms with Crippen LogP contribution in [0.15, 0.2) is 42.5 Å². The van der Waals surface area contributed by atoms with Crippen LogP contribution in [0.1, 0.15) is 16.7 Å². The quantitative estimate of drug-likeness (QED) is 0.866. The van der Waals surface area contributed by atoms with Gasteiger partial charge in [0.25, 0.3) is 0 Å². The Balaban J connectivity index is 2.08. The molecular weight excluding hydrogens is 238 g/mol. The number of phenolic OH excluding ortho intramolecular Hbond substituents is 1. The van der Waals surface area contributed by atoms with E-state index in [9.17, 15) is 5.11 Å². The number of hydrogen-bond donors (Lipinski definition) is 2. The fourth-order valence-electron chi connectivity index (χ4n) is 1.95. The average molecular weight is 257 g/mol. The Labute approximate surface area is 113 Å². The van der Waals surface area contributed by atoms with Gasteiger partial charge in [0, 0.05) is 0 Å². The summed E-state index contributed by atoms with van der Waals surface area (Å²) in [6.07, 6.45) is 0.812. The molecule has 0 unspecified atom stereocenters. The van der Waals surface area contributed by atoms with Crippen LogP contribution in [0.4, 0.5) is 0 Å². The lowest BCUT2D eigenvalue weighted by atomic mass is 10.1. The number of hydrogen-bond acceptors (Lipinski definition) is 3. The lowest BCUT2D eigenvalue weighted by molar-refractivity contribution is 0.302. The second-order valence-electron chi connectivity index (χ2n) is 4.60. The van der Waals surface area contributed by atoms with Crippen molar-refractivity contribution in [3.63, 3.8) is 0 Å². The van der Waals surface area contributed by atoms with E-state index in [1.165, 1.54) is 5.56 Å². The van der Waals surface area contributed by atoms with Gasteiger partial charge in [0.2, 0.25) is 0 Å². The summed E-state index contributed by atoms with van der Waals surface area (Å²) >= 11 is 0. The molecule has 2 aromatic carbocycles. The standard InChI is InChI=1S/C16H19NO2/c1-12-2-7-16(14(10-12)8-9-17)19-11-13-3-5-15(18)6-4-13/h2-7,10,18H,8-9,11,17H2,1H3. The van der Waals surface area contributed by atoms with Crippen molar-refractivity contribution in [1.29, 1.82) is 0 Å². The monoisotopic (exact) mass is 257 g/mol. The topological polar surface area (TPSA) is 55.5 Å². The molecular formula is C16H19NO2.